The zero-order chi connectivity index (χ0) is 27.4. The molecule has 9 nitrogen and oxygen atoms in total. The summed E-state index contributed by atoms with van der Waals surface area (Å²) in [6.07, 6.45) is 2.55. The number of likely N-dealkylation sites (N-methyl/N-ethyl adjacent to an activating group) is 1. The highest BCUT2D eigenvalue weighted by atomic mass is 32.2. The number of carbonyl (C=O) groups is 1. The maximum absolute atomic E-state index is 13.7. The lowest BCUT2D eigenvalue weighted by atomic mass is 10.0. The van der Waals surface area contributed by atoms with Gasteiger partial charge >= 0.3 is 0 Å². The summed E-state index contributed by atoms with van der Waals surface area (Å²) < 4.78 is 35.1. The van der Waals surface area contributed by atoms with Crippen LogP contribution in [0.2, 0.25) is 0 Å². The van der Waals surface area contributed by atoms with Crippen LogP contribution in [0.25, 0.3) is 11.1 Å². The van der Waals surface area contributed by atoms with Crippen LogP contribution in [0.15, 0.2) is 71.9 Å². The summed E-state index contributed by atoms with van der Waals surface area (Å²) >= 11 is 0. The molecule has 0 fully saturated rings. The summed E-state index contributed by atoms with van der Waals surface area (Å²) in [7, 11) is -2.33. The number of pyridine rings is 1. The number of aromatic nitrogens is 1. The molecular weight excluding hydrogens is 504 g/mol. The predicted octanol–water partition coefficient (Wildman–Crippen LogP) is 3.16. The Labute approximate surface area is 223 Å². The van der Waals surface area contributed by atoms with Gasteiger partial charge in [0.1, 0.15) is 16.7 Å². The number of carbonyl (C=O) groups excluding carboxylic acids is 1. The second-order valence-electron chi connectivity index (χ2n) is 9.52. The fourth-order valence-corrected chi connectivity index (χ4v) is 6.28. The molecule has 2 heterocycles. The number of amides is 1. The first-order valence-corrected chi connectivity index (χ1v) is 13.7. The Morgan fingerprint density at radius 3 is 2.61 bits per heavy atom. The molecular formula is C28H30N4O5S. The summed E-state index contributed by atoms with van der Waals surface area (Å²) in [5.74, 6) is -0.368. The minimum atomic E-state index is -4.00. The Morgan fingerprint density at radius 2 is 1.92 bits per heavy atom. The van der Waals surface area contributed by atoms with Crippen LogP contribution in [0, 0.1) is 17.2 Å². The number of hydrogen-bond acceptors (Lipinski definition) is 7. The van der Waals surface area contributed by atoms with Crippen molar-refractivity contribution in [1.29, 1.82) is 5.26 Å². The number of hydrogen-bond donors (Lipinski definition) is 1. The van der Waals surface area contributed by atoms with Crippen LogP contribution < -0.4 is 4.74 Å². The molecule has 0 radical (unpaired) electrons. The van der Waals surface area contributed by atoms with Gasteiger partial charge in [0.05, 0.1) is 24.8 Å². The van der Waals surface area contributed by atoms with E-state index in [0.29, 0.717) is 16.7 Å². The molecule has 0 unspecified atom stereocenters. The molecule has 2 aromatic carbocycles. The van der Waals surface area contributed by atoms with Crippen LogP contribution in [0.5, 0.6) is 5.75 Å². The number of benzene rings is 2. The normalized spacial score (nSPS) is 19.7. The quantitative estimate of drug-likeness (QED) is 0.515. The number of sulfonamides is 1. The Balaban J connectivity index is 1.76. The second-order valence-corrected chi connectivity index (χ2v) is 11.4. The van der Waals surface area contributed by atoms with Crippen molar-refractivity contribution in [1.82, 2.24) is 14.2 Å². The van der Waals surface area contributed by atoms with Crippen molar-refractivity contribution >= 4 is 15.9 Å². The zero-order valence-corrected chi connectivity index (χ0v) is 22.3. The zero-order valence-electron chi connectivity index (χ0n) is 21.5. The van der Waals surface area contributed by atoms with Crippen molar-refractivity contribution in [2.45, 2.75) is 30.9 Å². The van der Waals surface area contributed by atoms with Gasteiger partial charge in [-0.25, -0.2) is 8.42 Å². The van der Waals surface area contributed by atoms with E-state index in [1.165, 1.54) is 10.4 Å². The average Bonchev–Trinajstić information content (AvgIpc) is 2.94. The maximum Gasteiger partial charge on any atom is 0.253 e. The van der Waals surface area contributed by atoms with Crippen LogP contribution in [0.4, 0.5) is 0 Å². The molecule has 1 amide bonds. The Bertz CT molecular complexity index is 1460. The highest BCUT2D eigenvalue weighted by molar-refractivity contribution is 7.89. The first kappa shape index (κ1) is 27.3. The molecule has 0 saturated carbocycles. The minimum absolute atomic E-state index is 0.0157. The van der Waals surface area contributed by atoms with Gasteiger partial charge in [0, 0.05) is 43.5 Å². The molecule has 3 atom stereocenters. The highest BCUT2D eigenvalue weighted by Crippen LogP contribution is 2.36. The Morgan fingerprint density at radius 1 is 1.21 bits per heavy atom. The van der Waals surface area contributed by atoms with Gasteiger partial charge in [-0.05, 0) is 54.4 Å². The van der Waals surface area contributed by atoms with Gasteiger partial charge in [0.2, 0.25) is 10.0 Å². The van der Waals surface area contributed by atoms with Crippen molar-refractivity contribution in [3.8, 4) is 22.9 Å². The smallest absolute Gasteiger partial charge is 0.253 e. The number of nitriles is 1. The molecule has 10 heteroatoms. The van der Waals surface area contributed by atoms with Gasteiger partial charge in [-0.15, -0.1) is 0 Å². The SMILES string of the molecule is C[C@H]1CN([C@@H](C)CO)S(=O)(=O)c2ccc(-c3cccc(C#N)c3)cc2O[C@H]1CN(C)C(=O)c1ccncc1. The van der Waals surface area contributed by atoms with E-state index in [-0.39, 0.29) is 42.2 Å². The molecule has 3 aromatic rings. The topological polar surface area (TPSA) is 124 Å². The van der Waals surface area contributed by atoms with Gasteiger partial charge < -0.3 is 14.7 Å². The molecule has 0 bridgehead atoms. The van der Waals surface area contributed by atoms with Crippen molar-refractivity contribution in [3.05, 3.63) is 78.1 Å². The largest absolute Gasteiger partial charge is 0.487 e. The molecule has 1 aliphatic heterocycles. The molecule has 0 saturated heterocycles. The molecule has 38 heavy (non-hydrogen) atoms. The van der Waals surface area contributed by atoms with Crippen LogP contribution >= 0.6 is 0 Å². The number of aliphatic hydroxyl groups excluding tert-OH is 1. The highest BCUT2D eigenvalue weighted by Gasteiger charge is 2.38. The predicted molar refractivity (Wildman–Crippen MR) is 142 cm³/mol. The van der Waals surface area contributed by atoms with Crippen LogP contribution in [0.3, 0.4) is 0 Å². The molecule has 0 aliphatic carbocycles. The lowest BCUT2D eigenvalue weighted by molar-refractivity contribution is 0.0564. The van der Waals surface area contributed by atoms with Crippen LogP contribution in [-0.2, 0) is 10.0 Å². The maximum atomic E-state index is 13.7. The van der Waals surface area contributed by atoms with Crippen molar-refractivity contribution in [3.63, 3.8) is 0 Å². The monoisotopic (exact) mass is 534 g/mol. The summed E-state index contributed by atoms with van der Waals surface area (Å²) in [5.41, 5.74) is 2.39. The van der Waals surface area contributed by atoms with Crippen molar-refractivity contribution in [2.75, 3.05) is 26.7 Å². The first-order valence-electron chi connectivity index (χ1n) is 12.2. The van der Waals surface area contributed by atoms with E-state index < -0.39 is 22.2 Å². The van der Waals surface area contributed by atoms with Crippen molar-refractivity contribution in [2.24, 2.45) is 5.92 Å². The number of ether oxygens (including phenoxy) is 1. The molecule has 198 valence electrons. The molecule has 0 spiro atoms. The van der Waals surface area contributed by atoms with Gasteiger partial charge in [-0.3, -0.25) is 9.78 Å². The van der Waals surface area contributed by atoms with Crippen LogP contribution in [0.1, 0.15) is 29.8 Å². The van der Waals surface area contributed by atoms with E-state index in [1.54, 1.807) is 73.7 Å². The van der Waals surface area contributed by atoms with E-state index in [0.717, 1.165) is 5.56 Å². The van der Waals surface area contributed by atoms with E-state index in [9.17, 15) is 23.6 Å². The Kier molecular flexibility index (Phi) is 8.11. The number of fused-ring (bicyclic) bond motifs is 1. The third-order valence-electron chi connectivity index (χ3n) is 6.72. The second kappa shape index (κ2) is 11.3. The summed E-state index contributed by atoms with van der Waals surface area (Å²) in [6.45, 7) is 3.50. The standard InChI is InChI=1S/C28H30N4O5S/c1-19-16-32(20(2)18-33)38(35,36)27-8-7-24(23-6-4-5-21(13-23)15-29)14-25(27)37-26(19)17-31(3)28(34)22-9-11-30-12-10-22/h4-14,19-20,26,33H,16-18H2,1-3H3/t19-,20-,26-/m0/s1. The van der Waals surface area contributed by atoms with Gasteiger partial charge in [0.25, 0.3) is 5.91 Å². The number of aliphatic hydroxyl groups is 1. The fraction of sp³-hybridized carbons (Fsp3) is 0.321. The Hall–Kier alpha value is -3.78. The van der Waals surface area contributed by atoms with Gasteiger partial charge in [-0.1, -0.05) is 25.1 Å². The van der Waals surface area contributed by atoms with Crippen LogP contribution in [-0.4, -0.2) is 72.5 Å². The fourth-order valence-electron chi connectivity index (χ4n) is 4.46. The summed E-state index contributed by atoms with van der Waals surface area (Å²) in [4.78, 5) is 18.5. The summed E-state index contributed by atoms with van der Waals surface area (Å²) in [5, 5.41) is 19.1. The third-order valence-corrected chi connectivity index (χ3v) is 8.74. The van der Waals surface area contributed by atoms with E-state index in [4.69, 9.17) is 4.74 Å². The average molecular weight is 535 g/mol. The molecule has 1 N–H and O–H groups in total. The minimum Gasteiger partial charge on any atom is -0.487 e. The molecule has 4 rings (SSSR count). The summed E-state index contributed by atoms with van der Waals surface area (Å²) in [6, 6.07) is 16.6. The molecule has 1 aliphatic rings. The van der Waals surface area contributed by atoms with E-state index >= 15 is 0 Å². The first-order chi connectivity index (χ1) is 18.1. The van der Waals surface area contributed by atoms with Gasteiger partial charge in [-0.2, -0.15) is 9.57 Å². The lowest BCUT2D eigenvalue weighted by Gasteiger charge is -2.37. The van der Waals surface area contributed by atoms with E-state index in [1.807, 2.05) is 13.0 Å². The molecule has 1 aromatic heterocycles. The number of nitrogens with zero attached hydrogens (tertiary/aromatic N) is 4. The number of rotatable bonds is 6. The van der Waals surface area contributed by atoms with Crippen molar-refractivity contribution < 1.29 is 23.1 Å². The van der Waals surface area contributed by atoms with Gasteiger partial charge in [0.15, 0.2) is 0 Å². The van der Waals surface area contributed by atoms with E-state index in [2.05, 4.69) is 11.1 Å². The third kappa shape index (κ3) is 5.55. The lowest BCUT2D eigenvalue weighted by Crippen LogP contribution is -2.50.